The lowest BCUT2D eigenvalue weighted by molar-refractivity contribution is 0.312. The van der Waals surface area contributed by atoms with Gasteiger partial charge in [-0.05, 0) is 32.2 Å². The zero-order valence-corrected chi connectivity index (χ0v) is 13.7. The van der Waals surface area contributed by atoms with E-state index in [1.807, 2.05) is 17.6 Å². The minimum absolute atomic E-state index is 0.847. The van der Waals surface area contributed by atoms with Gasteiger partial charge in [0.15, 0.2) is 0 Å². The van der Waals surface area contributed by atoms with Crippen LogP contribution in [0.3, 0.4) is 0 Å². The van der Waals surface area contributed by atoms with Crippen molar-refractivity contribution in [1.29, 1.82) is 0 Å². The Labute approximate surface area is 126 Å². The van der Waals surface area contributed by atoms with Crippen LogP contribution in [0.1, 0.15) is 16.1 Å². The average molecular weight is 341 g/mol. The number of nitrogens with zero attached hydrogens (tertiary/aromatic N) is 2. The molecule has 5 heteroatoms. The van der Waals surface area contributed by atoms with Crippen molar-refractivity contribution >= 4 is 27.3 Å². The minimum atomic E-state index is 0.847. The molecule has 0 atom stereocenters. The van der Waals surface area contributed by atoms with Crippen molar-refractivity contribution in [3.05, 3.63) is 44.3 Å². The summed E-state index contributed by atoms with van der Waals surface area (Å²) in [5.74, 6) is 0.927. The van der Waals surface area contributed by atoms with Crippen molar-refractivity contribution in [1.82, 2.24) is 9.88 Å². The number of aromatic nitrogens is 1. The Morgan fingerprint density at radius 2 is 2.16 bits per heavy atom. The molecule has 102 valence electrons. The van der Waals surface area contributed by atoms with Gasteiger partial charge >= 0.3 is 0 Å². The lowest BCUT2D eigenvalue weighted by atomic mass is 10.2. The zero-order valence-electron chi connectivity index (χ0n) is 11.3. The van der Waals surface area contributed by atoms with Gasteiger partial charge in [-0.3, -0.25) is 4.90 Å². The Hall–Kier alpha value is -0.910. The van der Waals surface area contributed by atoms with E-state index in [1.54, 1.807) is 18.4 Å². The molecule has 2 rings (SSSR count). The first-order valence-corrected chi connectivity index (χ1v) is 7.67. The predicted octanol–water partition coefficient (Wildman–Crippen LogP) is 3.85. The summed E-state index contributed by atoms with van der Waals surface area (Å²) in [6.07, 6.45) is 0. The molecule has 0 amide bonds. The topological polar surface area (TPSA) is 25.4 Å². The number of thiazole rings is 1. The van der Waals surface area contributed by atoms with Crippen molar-refractivity contribution in [2.75, 3.05) is 14.2 Å². The second-order valence-corrected chi connectivity index (χ2v) is 6.34. The molecule has 0 saturated carbocycles. The molecule has 1 heterocycles. The van der Waals surface area contributed by atoms with Crippen molar-refractivity contribution in [3.63, 3.8) is 0 Å². The third-order valence-corrected chi connectivity index (χ3v) is 4.35. The zero-order chi connectivity index (χ0) is 13.8. The van der Waals surface area contributed by atoms with Gasteiger partial charge in [-0.1, -0.05) is 15.9 Å². The molecule has 0 radical (unpaired) electrons. The van der Waals surface area contributed by atoms with E-state index in [1.165, 1.54) is 10.4 Å². The maximum absolute atomic E-state index is 5.40. The van der Waals surface area contributed by atoms with Crippen molar-refractivity contribution < 1.29 is 4.74 Å². The molecule has 0 N–H and O–H groups in total. The molecule has 0 saturated heterocycles. The maximum atomic E-state index is 5.40. The number of rotatable bonds is 5. The van der Waals surface area contributed by atoms with E-state index >= 15 is 0 Å². The van der Waals surface area contributed by atoms with E-state index in [4.69, 9.17) is 4.74 Å². The van der Waals surface area contributed by atoms with Crippen LogP contribution >= 0.6 is 27.3 Å². The normalized spacial score (nSPS) is 11.0. The van der Waals surface area contributed by atoms with E-state index in [2.05, 4.69) is 45.9 Å². The van der Waals surface area contributed by atoms with Gasteiger partial charge in [-0.15, -0.1) is 11.3 Å². The van der Waals surface area contributed by atoms with E-state index < -0.39 is 0 Å². The number of aryl methyl sites for hydroxylation is 1. The van der Waals surface area contributed by atoms with Gasteiger partial charge in [0.05, 0.1) is 18.3 Å². The molecule has 1 aromatic carbocycles. The first-order chi connectivity index (χ1) is 9.10. The number of benzene rings is 1. The van der Waals surface area contributed by atoms with Crippen LogP contribution in [0.15, 0.2) is 28.2 Å². The number of ether oxygens (including phenoxy) is 1. The quantitative estimate of drug-likeness (QED) is 0.826. The van der Waals surface area contributed by atoms with Crippen LogP contribution in [0, 0.1) is 6.92 Å². The Kier molecular flexibility index (Phi) is 4.96. The second kappa shape index (κ2) is 6.50. The summed E-state index contributed by atoms with van der Waals surface area (Å²) in [4.78, 5) is 7.87. The van der Waals surface area contributed by atoms with Gasteiger partial charge in [0.2, 0.25) is 0 Å². The van der Waals surface area contributed by atoms with Crippen LogP contribution < -0.4 is 4.74 Å². The Balaban J connectivity index is 2.08. The summed E-state index contributed by atoms with van der Waals surface area (Å²) < 4.78 is 6.48. The van der Waals surface area contributed by atoms with Gasteiger partial charge in [0, 0.05) is 28.0 Å². The molecule has 0 aliphatic rings. The predicted molar refractivity (Wildman–Crippen MR) is 82.7 cm³/mol. The fourth-order valence-electron chi connectivity index (χ4n) is 1.94. The third kappa shape index (κ3) is 3.78. The SMILES string of the molecule is COc1ccc(Br)cc1CN(C)Cc1scnc1C. The number of hydrogen-bond donors (Lipinski definition) is 0. The van der Waals surface area contributed by atoms with Gasteiger partial charge in [0.25, 0.3) is 0 Å². The van der Waals surface area contributed by atoms with Gasteiger partial charge in [-0.2, -0.15) is 0 Å². The number of hydrogen-bond acceptors (Lipinski definition) is 4. The van der Waals surface area contributed by atoms with Crippen molar-refractivity contribution in [2.45, 2.75) is 20.0 Å². The number of halogens is 1. The Morgan fingerprint density at radius 1 is 1.37 bits per heavy atom. The molecule has 1 aromatic heterocycles. The molecule has 0 bridgehead atoms. The molecule has 3 nitrogen and oxygen atoms in total. The lowest BCUT2D eigenvalue weighted by Crippen LogP contribution is -2.17. The van der Waals surface area contributed by atoms with Crippen LogP contribution in [0.25, 0.3) is 0 Å². The third-order valence-electron chi connectivity index (χ3n) is 2.94. The Morgan fingerprint density at radius 3 is 2.79 bits per heavy atom. The van der Waals surface area contributed by atoms with Crippen LogP contribution in [0.4, 0.5) is 0 Å². The van der Waals surface area contributed by atoms with Crippen LogP contribution in [0.2, 0.25) is 0 Å². The van der Waals surface area contributed by atoms with Gasteiger partial charge in [0.1, 0.15) is 5.75 Å². The average Bonchev–Trinajstić information content (AvgIpc) is 2.75. The summed E-state index contributed by atoms with van der Waals surface area (Å²) in [5.41, 5.74) is 4.21. The molecule has 19 heavy (non-hydrogen) atoms. The van der Waals surface area contributed by atoms with E-state index in [0.717, 1.165) is 29.0 Å². The van der Waals surface area contributed by atoms with Crippen LogP contribution in [-0.2, 0) is 13.1 Å². The van der Waals surface area contributed by atoms with Crippen molar-refractivity contribution in [3.8, 4) is 5.75 Å². The molecular formula is C14H17BrN2OS. The van der Waals surface area contributed by atoms with Crippen molar-refractivity contribution in [2.24, 2.45) is 0 Å². The van der Waals surface area contributed by atoms with Crippen LogP contribution in [0.5, 0.6) is 5.75 Å². The summed E-state index contributed by atoms with van der Waals surface area (Å²) >= 11 is 5.21. The van der Waals surface area contributed by atoms with Gasteiger partial charge < -0.3 is 4.74 Å². The highest BCUT2D eigenvalue weighted by atomic mass is 79.9. The molecule has 0 aliphatic heterocycles. The van der Waals surface area contributed by atoms with Crippen LogP contribution in [-0.4, -0.2) is 24.0 Å². The van der Waals surface area contributed by atoms with E-state index in [0.29, 0.717) is 0 Å². The smallest absolute Gasteiger partial charge is 0.123 e. The first-order valence-electron chi connectivity index (χ1n) is 6.00. The molecule has 0 spiro atoms. The maximum Gasteiger partial charge on any atom is 0.123 e. The summed E-state index contributed by atoms with van der Waals surface area (Å²) in [5, 5.41) is 0. The standard InChI is InChI=1S/C14H17BrN2OS/c1-10-14(19-9-16-10)8-17(2)7-11-6-12(15)4-5-13(11)18-3/h4-6,9H,7-8H2,1-3H3. The molecule has 0 unspecified atom stereocenters. The highest BCUT2D eigenvalue weighted by Crippen LogP contribution is 2.25. The highest BCUT2D eigenvalue weighted by molar-refractivity contribution is 9.10. The van der Waals surface area contributed by atoms with E-state index in [9.17, 15) is 0 Å². The second-order valence-electron chi connectivity index (χ2n) is 4.49. The lowest BCUT2D eigenvalue weighted by Gasteiger charge is -2.18. The fourth-order valence-corrected chi connectivity index (χ4v) is 3.21. The Bertz CT molecular complexity index is 556. The van der Waals surface area contributed by atoms with Gasteiger partial charge in [-0.25, -0.2) is 4.98 Å². The monoisotopic (exact) mass is 340 g/mol. The molecule has 0 fully saturated rings. The molecule has 2 aromatic rings. The highest BCUT2D eigenvalue weighted by Gasteiger charge is 2.10. The summed E-state index contributed by atoms with van der Waals surface area (Å²) in [6.45, 7) is 3.81. The number of methoxy groups -OCH3 is 1. The molecular weight excluding hydrogens is 324 g/mol. The first kappa shape index (κ1) is 14.5. The molecule has 0 aliphatic carbocycles. The van der Waals surface area contributed by atoms with E-state index in [-0.39, 0.29) is 0 Å². The largest absolute Gasteiger partial charge is 0.496 e. The summed E-state index contributed by atoms with van der Waals surface area (Å²) in [6, 6.07) is 6.09. The minimum Gasteiger partial charge on any atom is -0.496 e. The fraction of sp³-hybridized carbons (Fsp3) is 0.357. The summed E-state index contributed by atoms with van der Waals surface area (Å²) in [7, 11) is 3.82.